The summed E-state index contributed by atoms with van der Waals surface area (Å²) in [5.41, 5.74) is 9.07. The fourth-order valence-electron chi connectivity index (χ4n) is 3.23. The summed E-state index contributed by atoms with van der Waals surface area (Å²) in [6.07, 6.45) is 7.60. The third-order valence-electron chi connectivity index (χ3n) is 4.88. The van der Waals surface area contributed by atoms with Gasteiger partial charge in [-0.25, -0.2) is 4.98 Å². The number of hydrogen-bond donors (Lipinski definition) is 2. The van der Waals surface area contributed by atoms with Crippen molar-refractivity contribution in [3.05, 3.63) is 69.1 Å². The van der Waals surface area contributed by atoms with Gasteiger partial charge in [0, 0.05) is 45.1 Å². The third kappa shape index (κ3) is 3.17. The number of rotatable bonds is 4. The van der Waals surface area contributed by atoms with Crippen LogP contribution in [-0.2, 0) is 0 Å². The number of hydrogen-bond acceptors (Lipinski definition) is 5. The first-order chi connectivity index (χ1) is 13.6. The molecule has 2 N–H and O–H groups in total. The number of aromatic nitrogens is 3. The minimum Gasteiger partial charge on any atom is -0.361 e. The SMILES string of the molecule is Cc1ncsc1/C=C/c1c(C)ncc(C#N)c1Nc1ccc2[nH]ccc2c1C. The van der Waals surface area contributed by atoms with Crippen molar-refractivity contribution in [2.24, 2.45) is 0 Å². The lowest BCUT2D eigenvalue weighted by Crippen LogP contribution is -2.02. The van der Waals surface area contributed by atoms with Crippen molar-refractivity contribution in [1.29, 1.82) is 5.26 Å². The summed E-state index contributed by atoms with van der Waals surface area (Å²) in [7, 11) is 0. The number of anilines is 2. The van der Waals surface area contributed by atoms with Crippen LogP contribution < -0.4 is 5.32 Å². The molecule has 0 saturated carbocycles. The number of fused-ring (bicyclic) bond motifs is 1. The average Bonchev–Trinajstić information content (AvgIpc) is 3.33. The van der Waals surface area contributed by atoms with E-state index in [0.717, 1.165) is 49.7 Å². The summed E-state index contributed by atoms with van der Waals surface area (Å²) in [5, 5.41) is 14.3. The number of benzene rings is 1. The maximum Gasteiger partial charge on any atom is 0.103 e. The van der Waals surface area contributed by atoms with Gasteiger partial charge in [-0.2, -0.15) is 5.26 Å². The van der Waals surface area contributed by atoms with Gasteiger partial charge in [-0.15, -0.1) is 11.3 Å². The van der Waals surface area contributed by atoms with Gasteiger partial charge in [-0.3, -0.25) is 4.98 Å². The zero-order valence-electron chi connectivity index (χ0n) is 15.9. The van der Waals surface area contributed by atoms with E-state index in [9.17, 15) is 5.26 Å². The van der Waals surface area contributed by atoms with Crippen LogP contribution >= 0.6 is 11.3 Å². The second-order valence-corrected chi connectivity index (χ2v) is 7.48. The highest BCUT2D eigenvalue weighted by molar-refractivity contribution is 7.10. The first-order valence-corrected chi connectivity index (χ1v) is 9.78. The lowest BCUT2D eigenvalue weighted by Gasteiger charge is -2.15. The van der Waals surface area contributed by atoms with Crippen LogP contribution in [0.25, 0.3) is 23.1 Å². The van der Waals surface area contributed by atoms with E-state index in [0.29, 0.717) is 5.56 Å². The van der Waals surface area contributed by atoms with Crippen LogP contribution in [-0.4, -0.2) is 15.0 Å². The topological polar surface area (TPSA) is 77.4 Å². The quantitative estimate of drug-likeness (QED) is 0.470. The molecule has 0 saturated heterocycles. The van der Waals surface area contributed by atoms with E-state index in [1.807, 2.05) is 49.8 Å². The molecule has 0 atom stereocenters. The molecule has 3 aromatic heterocycles. The number of pyridine rings is 1. The fourth-order valence-corrected chi connectivity index (χ4v) is 3.92. The van der Waals surface area contributed by atoms with E-state index in [1.165, 1.54) is 0 Å². The van der Waals surface area contributed by atoms with Crippen molar-refractivity contribution in [2.45, 2.75) is 20.8 Å². The van der Waals surface area contributed by atoms with Crippen molar-refractivity contribution in [1.82, 2.24) is 15.0 Å². The molecule has 0 fully saturated rings. The van der Waals surface area contributed by atoms with Gasteiger partial charge in [0.25, 0.3) is 0 Å². The van der Waals surface area contributed by atoms with Crippen molar-refractivity contribution < 1.29 is 0 Å². The molecular formula is C22H19N5S. The Morgan fingerprint density at radius 2 is 1.96 bits per heavy atom. The number of nitrogens with one attached hydrogen (secondary N) is 2. The third-order valence-corrected chi connectivity index (χ3v) is 5.78. The predicted molar refractivity (Wildman–Crippen MR) is 116 cm³/mol. The first-order valence-electron chi connectivity index (χ1n) is 8.90. The fraction of sp³-hybridized carbons (Fsp3) is 0.136. The summed E-state index contributed by atoms with van der Waals surface area (Å²) >= 11 is 1.59. The van der Waals surface area contributed by atoms with E-state index in [2.05, 4.69) is 39.3 Å². The Kier molecular flexibility index (Phi) is 4.68. The number of H-pyrrole nitrogens is 1. The first kappa shape index (κ1) is 18.0. The molecule has 4 rings (SSSR count). The van der Waals surface area contributed by atoms with E-state index >= 15 is 0 Å². The molecule has 1 aromatic carbocycles. The van der Waals surface area contributed by atoms with Crippen molar-refractivity contribution in [2.75, 3.05) is 5.32 Å². The minimum atomic E-state index is 0.514. The molecule has 0 aliphatic rings. The smallest absolute Gasteiger partial charge is 0.103 e. The van der Waals surface area contributed by atoms with Crippen LogP contribution in [0.4, 0.5) is 11.4 Å². The summed E-state index contributed by atoms with van der Waals surface area (Å²) in [4.78, 5) is 13.0. The van der Waals surface area contributed by atoms with E-state index in [-0.39, 0.29) is 0 Å². The largest absolute Gasteiger partial charge is 0.361 e. The Morgan fingerprint density at radius 3 is 2.71 bits per heavy atom. The van der Waals surface area contributed by atoms with Crippen LogP contribution in [0.15, 0.2) is 36.1 Å². The van der Waals surface area contributed by atoms with Gasteiger partial charge in [0.1, 0.15) is 6.07 Å². The second kappa shape index (κ2) is 7.29. The molecule has 0 bridgehead atoms. The molecule has 0 unspecified atom stereocenters. The summed E-state index contributed by atoms with van der Waals surface area (Å²) in [6.45, 7) is 6.02. The van der Waals surface area contributed by atoms with Gasteiger partial charge >= 0.3 is 0 Å². The van der Waals surface area contributed by atoms with E-state index in [1.54, 1.807) is 17.5 Å². The standard InChI is InChI=1S/C22H19N5S/c1-13-17-8-9-24-20(17)6-5-19(13)27-22-16(10-23)11-25-14(2)18(22)4-7-21-15(3)26-12-28-21/h4-9,11-12,24H,1-3H3,(H,25,27)/b7-4+. The molecular weight excluding hydrogens is 366 g/mol. The summed E-state index contributed by atoms with van der Waals surface area (Å²) in [5.74, 6) is 0. The van der Waals surface area contributed by atoms with Crippen LogP contribution in [0.2, 0.25) is 0 Å². The van der Waals surface area contributed by atoms with E-state index in [4.69, 9.17) is 0 Å². The molecule has 6 heteroatoms. The highest BCUT2D eigenvalue weighted by atomic mass is 32.1. The Labute approximate surface area is 167 Å². The second-order valence-electron chi connectivity index (χ2n) is 6.60. The normalized spacial score (nSPS) is 11.2. The summed E-state index contributed by atoms with van der Waals surface area (Å²) in [6, 6.07) is 8.40. The molecule has 3 heterocycles. The Morgan fingerprint density at radius 1 is 1.11 bits per heavy atom. The predicted octanol–water partition coefficient (Wildman–Crippen LogP) is 5.73. The van der Waals surface area contributed by atoms with Gasteiger partial charge in [-0.05, 0) is 56.7 Å². The van der Waals surface area contributed by atoms with Crippen LogP contribution in [0.1, 0.15) is 33.0 Å². The average molecular weight is 385 g/mol. The molecule has 5 nitrogen and oxygen atoms in total. The van der Waals surface area contributed by atoms with Crippen molar-refractivity contribution in [3.8, 4) is 6.07 Å². The van der Waals surface area contributed by atoms with Crippen LogP contribution in [0.5, 0.6) is 0 Å². The van der Waals surface area contributed by atoms with Crippen molar-refractivity contribution in [3.63, 3.8) is 0 Å². The Balaban J connectivity index is 1.82. The highest BCUT2D eigenvalue weighted by Crippen LogP contribution is 2.32. The molecule has 0 spiro atoms. The minimum absolute atomic E-state index is 0.514. The highest BCUT2D eigenvalue weighted by Gasteiger charge is 2.13. The van der Waals surface area contributed by atoms with Gasteiger partial charge < -0.3 is 10.3 Å². The van der Waals surface area contributed by atoms with Gasteiger partial charge in [-0.1, -0.05) is 0 Å². The molecule has 0 aliphatic carbocycles. The molecule has 28 heavy (non-hydrogen) atoms. The molecule has 0 aliphatic heterocycles. The number of aryl methyl sites for hydroxylation is 3. The summed E-state index contributed by atoms with van der Waals surface area (Å²) < 4.78 is 0. The lowest BCUT2D eigenvalue weighted by atomic mass is 10.0. The Bertz CT molecular complexity index is 1240. The maximum absolute atomic E-state index is 9.65. The van der Waals surface area contributed by atoms with E-state index < -0.39 is 0 Å². The van der Waals surface area contributed by atoms with Gasteiger partial charge in [0.2, 0.25) is 0 Å². The number of nitrogens with zero attached hydrogens (tertiary/aromatic N) is 3. The number of thiazole rings is 1. The van der Waals surface area contributed by atoms with Gasteiger partial charge in [0.05, 0.1) is 22.5 Å². The molecule has 138 valence electrons. The Hall–Kier alpha value is -3.43. The zero-order chi connectivity index (χ0) is 19.7. The van der Waals surface area contributed by atoms with Crippen LogP contribution in [0, 0.1) is 32.1 Å². The van der Waals surface area contributed by atoms with Gasteiger partial charge in [0.15, 0.2) is 0 Å². The van der Waals surface area contributed by atoms with Crippen LogP contribution in [0.3, 0.4) is 0 Å². The molecule has 0 amide bonds. The zero-order valence-corrected chi connectivity index (χ0v) is 16.7. The monoisotopic (exact) mass is 385 g/mol. The lowest BCUT2D eigenvalue weighted by molar-refractivity contribution is 1.18. The van der Waals surface area contributed by atoms with Crippen molar-refractivity contribution >= 4 is 45.8 Å². The molecule has 4 aromatic rings. The molecule has 0 radical (unpaired) electrons. The number of aromatic amines is 1. The number of nitriles is 1. The maximum atomic E-state index is 9.65.